The van der Waals surface area contributed by atoms with Gasteiger partial charge in [0.25, 0.3) is 5.91 Å². The average molecular weight is 428 g/mol. The molecule has 0 aliphatic carbocycles. The minimum atomic E-state index is -0.283. The number of imidazole rings is 1. The zero-order chi connectivity index (χ0) is 22.7. The smallest absolute Gasteiger partial charge is 0.255 e. The molecule has 0 spiro atoms. The fourth-order valence-electron chi connectivity index (χ4n) is 3.95. The van der Waals surface area contributed by atoms with Crippen molar-refractivity contribution in [1.82, 2.24) is 14.9 Å². The molecule has 0 bridgehead atoms. The summed E-state index contributed by atoms with van der Waals surface area (Å²) in [5.41, 5.74) is 4.99. The van der Waals surface area contributed by atoms with Crippen molar-refractivity contribution in [3.8, 4) is 5.75 Å². The van der Waals surface area contributed by atoms with Gasteiger partial charge in [0.05, 0.1) is 29.7 Å². The molecule has 0 radical (unpaired) electrons. The molecule has 3 aromatic carbocycles. The third kappa shape index (κ3) is 4.37. The molecule has 5 heteroatoms. The van der Waals surface area contributed by atoms with E-state index in [2.05, 4.69) is 54.1 Å². The van der Waals surface area contributed by atoms with Crippen LogP contribution in [0.25, 0.3) is 11.0 Å². The molecule has 1 atom stereocenters. The maximum Gasteiger partial charge on any atom is 0.255 e. The van der Waals surface area contributed by atoms with E-state index in [1.165, 1.54) is 11.1 Å². The lowest BCUT2D eigenvalue weighted by atomic mass is 10.0. The second kappa shape index (κ2) is 9.27. The van der Waals surface area contributed by atoms with E-state index >= 15 is 0 Å². The zero-order valence-electron chi connectivity index (χ0n) is 19.0. The number of fused-ring (bicyclic) bond motifs is 1. The van der Waals surface area contributed by atoms with Gasteiger partial charge in [0.15, 0.2) is 0 Å². The van der Waals surface area contributed by atoms with E-state index in [0.29, 0.717) is 23.8 Å². The lowest BCUT2D eigenvalue weighted by Gasteiger charge is -2.17. The van der Waals surface area contributed by atoms with Gasteiger partial charge in [-0.2, -0.15) is 0 Å². The summed E-state index contributed by atoms with van der Waals surface area (Å²) >= 11 is 0. The topological polar surface area (TPSA) is 56.1 Å². The maximum atomic E-state index is 13.0. The minimum absolute atomic E-state index is 0.185. The van der Waals surface area contributed by atoms with Crippen LogP contribution in [0.15, 0.2) is 72.8 Å². The molecule has 0 saturated carbocycles. The van der Waals surface area contributed by atoms with Crippen LogP contribution in [-0.4, -0.2) is 22.6 Å². The Morgan fingerprint density at radius 3 is 2.38 bits per heavy atom. The van der Waals surface area contributed by atoms with E-state index in [-0.39, 0.29) is 11.9 Å². The predicted molar refractivity (Wildman–Crippen MR) is 128 cm³/mol. The lowest BCUT2D eigenvalue weighted by Crippen LogP contribution is -2.29. The van der Waals surface area contributed by atoms with Gasteiger partial charge in [-0.25, -0.2) is 4.98 Å². The summed E-state index contributed by atoms with van der Waals surface area (Å²) in [5, 5.41) is 3.10. The van der Waals surface area contributed by atoms with Gasteiger partial charge in [0.2, 0.25) is 0 Å². The summed E-state index contributed by atoms with van der Waals surface area (Å²) in [5.74, 6) is 1.69. The average Bonchev–Trinajstić information content (AvgIpc) is 3.18. The summed E-state index contributed by atoms with van der Waals surface area (Å²) in [6, 6.07) is 23.7. The van der Waals surface area contributed by atoms with E-state index in [1.54, 1.807) is 19.2 Å². The number of nitrogens with one attached hydrogen (secondary N) is 1. The molecule has 1 heterocycles. The van der Waals surface area contributed by atoms with Crippen LogP contribution in [0, 0.1) is 0 Å². The van der Waals surface area contributed by atoms with Crippen molar-refractivity contribution in [1.29, 1.82) is 0 Å². The van der Waals surface area contributed by atoms with Crippen molar-refractivity contribution >= 4 is 16.9 Å². The number of nitrogens with zero attached hydrogens (tertiary/aromatic N) is 2. The fourth-order valence-corrected chi connectivity index (χ4v) is 3.95. The number of para-hydroxylation sites is 3. The van der Waals surface area contributed by atoms with Gasteiger partial charge in [-0.05, 0) is 48.2 Å². The zero-order valence-corrected chi connectivity index (χ0v) is 19.0. The summed E-state index contributed by atoms with van der Waals surface area (Å²) in [7, 11) is 1.57. The maximum absolute atomic E-state index is 13.0. The molecule has 1 N–H and O–H groups in total. The molecule has 4 rings (SSSR count). The van der Waals surface area contributed by atoms with E-state index in [0.717, 1.165) is 16.9 Å². The summed E-state index contributed by atoms with van der Waals surface area (Å²) < 4.78 is 7.54. The number of ether oxygens (including phenoxy) is 1. The second-order valence-corrected chi connectivity index (χ2v) is 8.34. The van der Waals surface area contributed by atoms with E-state index in [4.69, 9.17) is 9.72 Å². The Kier molecular flexibility index (Phi) is 6.26. The van der Waals surface area contributed by atoms with Crippen molar-refractivity contribution in [3.05, 3.63) is 95.3 Å². The number of benzene rings is 3. The van der Waals surface area contributed by atoms with Crippen LogP contribution < -0.4 is 10.1 Å². The van der Waals surface area contributed by atoms with Gasteiger partial charge in [0, 0.05) is 6.54 Å². The third-order valence-electron chi connectivity index (χ3n) is 5.76. The predicted octanol–water partition coefficient (Wildman–Crippen LogP) is 5.71. The third-order valence-corrected chi connectivity index (χ3v) is 5.76. The largest absolute Gasteiger partial charge is 0.496 e. The quantitative estimate of drug-likeness (QED) is 0.411. The normalized spacial score (nSPS) is 12.2. The highest BCUT2D eigenvalue weighted by atomic mass is 16.5. The molecule has 1 aromatic heterocycles. The molecule has 32 heavy (non-hydrogen) atoms. The Bertz CT molecular complexity index is 1230. The van der Waals surface area contributed by atoms with Crippen LogP contribution in [-0.2, 0) is 6.54 Å². The van der Waals surface area contributed by atoms with Gasteiger partial charge in [0.1, 0.15) is 11.6 Å². The molecule has 5 nitrogen and oxygen atoms in total. The monoisotopic (exact) mass is 427 g/mol. The molecule has 0 saturated heterocycles. The molecule has 4 aromatic rings. The number of aromatic nitrogens is 2. The van der Waals surface area contributed by atoms with Crippen molar-refractivity contribution in [3.63, 3.8) is 0 Å². The molecule has 1 unspecified atom stereocenters. The number of hydrogen-bond donors (Lipinski definition) is 1. The summed E-state index contributed by atoms with van der Waals surface area (Å²) in [6.45, 7) is 7.04. The molecule has 0 aliphatic heterocycles. The van der Waals surface area contributed by atoms with Crippen LogP contribution in [0.5, 0.6) is 5.75 Å². The highest BCUT2D eigenvalue weighted by Crippen LogP contribution is 2.24. The van der Waals surface area contributed by atoms with Crippen LogP contribution in [0.1, 0.15) is 60.0 Å². The molecule has 0 aliphatic rings. The Balaban J connectivity index is 1.65. The fraction of sp³-hybridized carbons (Fsp3) is 0.259. The van der Waals surface area contributed by atoms with E-state index < -0.39 is 0 Å². The first-order chi connectivity index (χ1) is 15.5. The van der Waals surface area contributed by atoms with Crippen molar-refractivity contribution in [2.45, 2.75) is 39.3 Å². The van der Waals surface area contributed by atoms with Gasteiger partial charge in [-0.3, -0.25) is 4.79 Å². The Morgan fingerprint density at radius 2 is 1.66 bits per heavy atom. The number of methoxy groups -OCH3 is 1. The van der Waals surface area contributed by atoms with E-state index in [9.17, 15) is 4.79 Å². The van der Waals surface area contributed by atoms with Gasteiger partial charge in [-0.1, -0.05) is 62.4 Å². The molecular weight excluding hydrogens is 398 g/mol. The van der Waals surface area contributed by atoms with E-state index in [1.807, 2.05) is 37.3 Å². The standard InChI is InChI=1S/C27H29N3O2/c1-18(2)21-15-13-20(14-16-21)17-30-24-11-7-6-10-23(24)29-26(30)19(3)28-27(31)22-9-5-8-12-25(22)32-4/h5-16,18-19H,17H2,1-4H3,(H,28,31). The molecule has 164 valence electrons. The highest BCUT2D eigenvalue weighted by Gasteiger charge is 2.20. The van der Waals surface area contributed by atoms with Crippen LogP contribution in [0.4, 0.5) is 0 Å². The Hall–Kier alpha value is -3.60. The van der Waals surface area contributed by atoms with Crippen molar-refractivity contribution < 1.29 is 9.53 Å². The second-order valence-electron chi connectivity index (χ2n) is 8.34. The lowest BCUT2D eigenvalue weighted by molar-refractivity contribution is 0.0934. The SMILES string of the molecule is COc1ccccc1C(=O)NC(C)c1nc2ccccc2n1Cc1ccc(C(C)C)cc1. The number of hydrogen-bond acceptors (Lipinski definition) is 3. The minimum Gasteiger partial charge on any atom is -0.496 e. The first-order valence-corrected chi connectivity index (χ1v) is 11.0. The molecule has 1 amide bonds. The number of rotatable bonds is 7. The van der Waals surface area contributed by atoms with Gasteiger partial charge >= 0.3 is 0 Å². The highest BCUT2D eigenvalue weighted by molar-refractivity contribution is 5.97. The summed E-state index contributed by atoms with van der Waals surface area (Å²) in [6.07, 6.45) is 0. The number of carbonyl (C=O) groups is 1. The number of amides is 1. The Labute approximate surface area is 189 Å². The first-order valence-electron chi connectivity index (χ1n) is 11.0. The van der Waals surface area contributed by atoms with Gasteiger partial charge < -0.3 is 14.6 Å². The van der Waals surface area contributed by atoms with Crippen LogP contribution >= 0.6 is 0 Å². The molecular formula is C27H29N3O2. The van der Waals surface area contributed by atoms with Crippen LogP contribution in [0.2, 0.25) is 0 Å². The number of carbonyl (C=O) groups excluding carboxylic acids is 1. The summed E-state index contributed by atoms with van der Waals surface area (Å²) in [4.78, 5) is 17.8. The van der Waals surface area contributed by atoms with Crippen molar-refractivity contribution in [2.24, 2.45) is 0 Å². The van der Waals surface area contributed by atoms with Gasteiger partial charge in [-0.15, -0.1) is 0 Å². The Morgan fingerprint density at radius 1 is 0.969 bits per heavy atom. The van der Waals surface area contributed by atoms with Crippen molar-refractivity contribution in [2.75, 3.05) is 7.11 Å². The first kappa shape index (κ1) is 21.6. The van der Waals surface area contributed by atoms with Crippen LogP contribution in [0.3, 0.4) is 0 Å². The molecule has 0 fully saturated rings.